The van der Waals surface area contributed by atoms with Crippen molar-refractivity contribution in [2.24, 2.45) is 0 Å². The number of imidazole rings is 1. The fraction of sp³-hybridized carbons (Fsp3) is 0.727. The van der Waals surface area contributed by atoms with E-state index in [1.54, 1.807) is 15.3 Å². The molecule has 0 bridgehead atoms. The van der Waals surface area contributed by atoms with E-state index in [4.69, 9.17) is 0 Å². The van der Waals surface area contributed by atoms with Crippen molar-refractivity contribution < 1.29 is 5.11 Å². The van der Waals surface area contributed by atoms with Gasteiger partial charge in [-0.05, 0) is 19.4 Å². The molecule has 0 aromatic carbocycles. The maximum absolute atomic E-state index is 11.9. The number of nitrogens with one attached hydrogen (secondary N) is 1. The predicted molar refractivity (Wildman–Crippen MR) is 61.5 cm³/mol. The summed E-state index contributed by atoms with van der Waals surface area (Å²) in [5, 5.41) is 12.7. The number of rotatable bonds is 6. The Labute approximate surface area is 94.7 Å². The van der Waals surface area contributed by atoms with Crippen LogP contribution >= 0.6 is 0 Å². The molecule has 0 aliphatic heterocycles. The van der Waals surface area contributed by atoms with E-state index in [0.29, 0.717) is 19.1 Å². The second-order valence-electron chi connectivity index (χ2n) is 4.33. The summed E-state index contributed by atoms with van der Waals surface area (Å²) < 4.78 is 3.35. The minimum absolute atomic E-state index is 0.00181. The third-order valence-corrected chi connectivity index (χ3v) is 2.85. The van der Waals surface area contributed by atoms with Gasteiger partial charge in [0.05, 0.1) is 12.6 Å². The molecule has 90 valence electrons. The average molecular weight is 225 g/mol. The minimum Gasteiger partial charge on any atom is -0.390 e. The van der Waals surface area contributed by atoms with Crippen LogP contribution in [0.4, 0.5) is 0 Å². The Hall–Kier alpha value is -1.07. The Bertz CT molecular complexity index is 392. The van der Waals surface area contributed by atoms with Gasteiger partial charge in [0.15, 0.2) is 0 Å². The standard InChI is InChI=1S/C11H19N3O2/c1-2-12-7-10(15)8-13-5-6-14(11(13)16)9-3-4-9/h5-6,9-10,12,15H,2-4,7-8H2,1H3. The van der Waals surface area contributed by atoms with Crippen molar-refractivity contribution >= 4 is 0 Å². The number of hydrogen-bond donors (Lipinski definition) is 2. The van der Waals surface area contributed by atoms with Crippen molar-refractivity contribution in [3.05, 3.63) is 22.9 Å². The smallest absolute Gasteiger partial charge is 0.328 e. The molecule has 0 saturated heterocycles. The quantitative estimate of drug-likeness (QED) is 0.714. The van der Waals surface area contributed by atoms with Crippen LogP contribution in [-0.4, -0.2) is 33.4 Å². The highest BCUT2D eigenvalue weighted by Gasteiger charge is 2.25. The van der Waals surface area contributed by atoms with Gasteiger partial charge in [-0.15, -0.1) is 0 Å². The van der Waals surface area contributed by atoms with Crippen LogP contribution in [-0.2, 0) is 6.54 Å². The van der Waals surface area contributed by atoms with E-state index in [1.807, 2.05) is 13.1 Å². The van der Waals surface area contributed by atoms with Gasteiger partial charge in [0.25, 0.3) is 0 Å². The SMILES string of the molecule is CCNCC(O)Cn1ccn(C2CC2)c1=O. The summed E-state index contributed by atoms with van der Waals surface area (Å²) >= 11 is 0. The summed E-state index contributed by atoms with van der Waals surface area (Å²) in [4.78, 5) is 11.9. The van der Waals surface area contributed by atoms with Crippen LogP contribution in [0.2, 0.25) is 0 Å². The van der Waals surface area contributed by atoms with Crippen LogP contribution in [0, 0.1) is 0 Å². The van der Waals surface area contributed by atoms with Crippen molar-refractivity contribution in [3.8, 4) is 0 Å². The minimum atomic E-state index is -0.507. The Morgan fingerprint density at radius 3 is 2.94 bits per heavy atom. The number of aliphatic hydroxyl groups excluding tert-OH is 1. The van der Waals surface area contributed by atoms with Gasteiger partial charge >= 0.3 is 5.69 Å². The summed E-state index contributed by atoms with van der Waals surface area (Å²) in [6.45, 7) is 3.71. The van der Waals surface area contributed by atoms with Gasteiger partial charge in [0, 0.05) is 25.0 Å². The first-order chi connectivity index (χ1) is 7.72. The first-order valence-electron chi connectivity index (χ1n) is 5.88. The molecule has 1 fully saturated rings. The molecule has 1 heterocycles. The van der Waals surface area contributed by atoms with Crippen LogP contribution in [0.25, 0.3) is 0 Å². The molecule has 0 spiro atoms. The number of likely N-dealkylation sites (N-methyl/N-ethyl adjacent to an activating group) is 1. The van der Waals surface area contributed by atoms with Gasteiger partial charge < -0.3 is 10.4 Å². The van der Waals surface area contributed by atoms with Crippen LogP contribution in [0.5, 0.6) is 0 Å². The zero-order valence-electron chi connectivity index (χ0n) is 9.59. The third-order valence-electron chi connectivity index (χ3n) is 2.85. The van der Waals surface area contributed by atoms with E-state index < -0.39 is 6.10 Å². The van der Waals surface area contributed by atoms with E-state index in [9.17, 15) is 9.90 Å². The van der Waals surface area contributed by atoms with E-state index in [1.165, 1.54) is 0 Å². The second-order valence-corrected chi connectivity index (χ2v) is 4.33. The van der Waals surface area contributed by atoms with Gasteiger partial charge in [-0.3, -0.25) is 9.13 Å². The molecule has 1 saturated carbocycles. The average Bonchev–Trinajstić information content (AvgIpc) is 3.04. The van der Waals surface area contributed by atoms with Crippen LogP contribution < -0.4 is 11.0 Å². The summed E-state index contributed by atoms with van der Waals surface area (Å²) in [5.74, 6) is 0. The lowest BCUT2D eigenvalue weighted by molar-refractivity contribution is 0.150. The molecular weight excluding hydrogens is 206 g/mol. The maximum atomic E-state index is 11.9. The summed E-state index contributed by atoms with van der Waals surface area (Å²) in [6, 6.07) is 0.402. The summed E-state index contributed by atoms with van der Waals surface area (Å²) in [7, 11) is 0. The van der Waals surface area contributed by atoms with Crippen molar-refractivity contribution in [2.45, 2.75) is 38.5 Å². The highest BCUT2D eigenvalue weighted by Crippen LogP contribution is 2.33. The maximum Gasteiger partial charge on any atom is 0.328 e. The monoisotopic (exact) mass is 225 g/mol. The fourth-order valence-corrected chi connectivity index (χ4v) is 1.80. The lowest BCUT2D eigenvalue weighted by atomic mass is 10.3. The zero-order valence-corrected chi connectivity index (χ0v) is 9.59. The highest BCUT2D eigenvalue weighted by atomic mass is 16.3. The number of aromatic nitrogens is 2. The van der Waals surface area contributed by atoms with Crippen molar-refractivity contribution in [1.82, 2.24) is 14.5 Å². The molecule has 1 aromatic rings. The van der Waals surface area contributed by atoms with Crippen LogP contribution in [0.15, 0.2) is 17.2 Å². The lowest BCUT2D eigenvalue weighted by Crippen LogP contribution is -2.34. The highest BCUT2D eigenvalue weighted by molar-refractivity contribution is 4.91. The number of nitrogens with zero attached hydrogens (tertiary/aromatic N) is 2. The molecule has 1 unspecified atom stereocenters. The van der Waals surface area contributed by atoms with Crippen molar-refractivity contribution in [2.75, 3.05) is 13.1 Å². The molecule has 1 aromatic heterocycles. The molecule has 1 aliphatic rings. The number of hydrogen-bond acceptors (Lipinski definition) is 3. The van der Waals surface area contributed by atoms with E-state index in [-0.39, 0.29) is 5.69 Å². The van der Waals surface area contributed by atoms with E-state index in [0.717, 1.165) is 19.4 Å². The van der Waals surface area contributed by atoms with E-state index >= 15 is 0 Å². The van der Waals surface area contributed by atoms with Gasteiger partial charge in [-0.2, -0.15) is 0 Å². The molecule has 0 amide bonds. The Kier molecular flexibility index (Phi) is 3.46. The van der Waals surface area contributed by atoms with Crippen molar-refractivity contribution in [1.29, 1.82) is 0 Å². The van der Waals surface area contributed by atoms with Crippen LogP contribution in [0.3, 0.4) is 0 Å². The van der Waals surface area contributed by atoms with E-state index in [2.05, 4.69) is 5.32 Å². The molecule has 1 atom stereocenters. The topological polar surface area (TPSA) is 59.2 Å². The Morgan fingerprint density at radius 2 is 2.31 bits per heavy atom. The molecule has 16 heavy (non-hydrogen) atoms. The first kappa shape index (κ1) is 11.4. The molecule has 0 radical (unpaired) electrons. The summed E-state index contributed by atoms with van der Waals surface area (Å²) in [5.41, 5.74) is -0.00181. The van der Waals surface area contributed by atoms with Gasteiger partial charge in [0.2, 0.25) is 0 Å². The lowest BCUT2D eigenvalue weighted by Gasteiger charge is -2.10. The normalized spacial score (nSPS) is 17.6. The fourth-order valence-electron chi connectivity index (χ4n) is 1.80. The number of aliphatic hydroxyl groups is 1. The van der Waals surface area contributed by atoms with Crippen molar-refractivity contribution in [3.63, 3.8) is 0 Å². The second kappa shape index (κ2) is 4.84. The Morgan fingerprint density at radius 1 is 1.56 bits per heavy atom. The van der Waals surface area contributed by atoms with Crippen LogP contribution in [0.1, 0.15) is 25.8 Å². The third kappa shape index (κ3) is 2.54. The zero-order chi connectivity index (χ0) is 11.5. The first-order valence-corrected chi connectivity index (χ1v) is 5.88. The largest absolute Gasteiger partial charge is 0.390 e. The molecule has 2 N–H and O–H groups in total. The molecule has 5 heteroatoms. The molecule has 1 aliphatic carbocycles. The molecule has 2 rings (SSSR count). The Balaban J connectivity index is 1.96. The van der Waals surface area contributed by atoms with Gasteiger partial charge in [0.1, 0.15) is 0 Å². The van der Waals surface area contributed by atoms with Gasteiger partial charge in [-0.1, -0.05) is 6.92 Å². The molecular formula is C11H19N3O2. The van der Waals surface area contributed by atoms with Gasteiger partial charge in [-0.25, -0.2) is 4.79 Å². The predicted octanol–water partition coefficient (Wildman–Crippen LogP) is -0.0449. The summed E-state index contributed by atoms with van der Waals surface area (Å²) in [6.07, 6.45) is 5.27. The molecule has 5 nitrogen and oxygen atoms in total.